The van der Waals surface area contributed by atoms with Crippen molar-refractivity contribution in [3.63, 3.8) is 0 Å². The predicted octanol–water partition coefficient (Wildman–Crippen LogP) is 4.04. The van der Waals surface area contributed by atoms with Gasteiger partial charge in [-0.15, -0.1) is 6.58 Å². The summed E-state index contributed by atoms with van der Waals surface area (Å²) >= 11 is 0. The molecule has 6 nitrogen and oxygen atoms in total. The molecule has 3 rings (SSSR count). The minimum atomic E-state index is -3.78. The van der Waals surface area contributed by atoms with Crippen molar-refractivity contribution in [2.45, 2.75) is 32.6 Å². The van der Waals surface area contributed by atoms with Gasteiger partial charge < -0.3 is 9.64 Å². The summed E-state index contributed by atoms with van der Waals surface area (Å²) in [6.07, 6.45) is 1.63. The van der Waals surface area contributed by atoms with Crippen molar-refractivity contribution in [1.29, 1.82) is 0 Å². The summed E-state index contributed by atoms with van der Waals surface area (Å²) in [6, 6.07) is 10.2. The molecule has 29 heavy (non-hydrogen) atoms. The van der Waals surface area contributed by atoms with Crippen molar-refractivity contribution in [3.8, 4) is 5.75 Å². The zero-order valence-corrected chi connectivity index (χ0v) is 18.0. The number of sulfonamides is 1. The second kappa shape index (κ2) is 7.55. The summed E-state index contributed by atoms with van der Waals surface area (Å²) in [5, 5.41) is 0. The largest absolute Gasteiger partial charge is 0.490 e. The molecule has 1 amide bonds. The van der Waals surface area contributed by atoms with Gasteiger partial charge in [-0.05, 0) is 63.1 Å². The quantitative estimate of drug-likeness (QED) is 0.749. The van der Waals surface area contributed by atoms with E-state index in [4.69, 9.17) is 4.74 Å². The van der Waals surface area contributed by atoms with Crippen molar-refractivity contribution in [3.05, 3.63) is 60.2 Å². The van der Waals surface area contributed by atoms with Crippen LogP contribution in [0.4, 0.5) is 11.4 Å². The maximum absolute atomic E-state index is 13.0. The summed E-state index contributed by atoms with van der Waals surface area (Å²) in [5.74, 6) is 0.422. The molecule has 7 heteroatoms. The van der Waals surface area contributed by atoms with Crippen LogP contribution in [0.3, 0.4) is 0 Å². The molecule has 1 heterocycles. The molecule has 0 saturated heterocycles. The molecule has 0 saturated carbocycles. The van der Waals surface area contributed by atoms with E-state index in [0.717, 1.165) is 5.56 Å². The second-order valence-electron chi connectivity index (χ2n) is 7.93. The number of amides is 1. The summed E-state index contributed by atoms with van der Waals surface area (Å²) in [5.41, 5.74) is 1.68. The summed E-state index contributed by atoms with van der Waals surface area (Å²) in [4.78, 5) is 14.8. The maximum Gasteiger partial charge on any atom is 0.262 e. The van der Waals surface area contributed by atoms with Crippen LogP contribution in [0.5, 0.6) is 5.75 Å². The van der Waals surface area contributed by atoms with Gasteiger partial charge in [0.1, 0.15) is 12.4 Å². The summed E-state index contributed by atoms with van der Waals surface area (Å²) in [6.45, 7) is 11.5. The molecule has 0 atom stereocenters. The first kappa shape index (κ1) is 20.9. The molecule has 0 bridgehead atoms. The summed E-state index contributed by atoms with van der Waals surface area (Å²) in [7, 11) is -3.78. The standard InChI is InChI=1S/C22H26N2O4S/c1-6-11-24-18-13-17(9-10-19(18)28-14-22(4,5)21(24)25)23-29(26,27)20-12-15(2)7-8-16(20)3/h6-10,12-13,23H,1,11,14H2,2-5H3. The molecule has 1 N–H and O–H groups in total. The molecular formula is C22H26N2O4S. The van der Waals surface area contributed by atoms with Gasteiger partial charge in [-0.1, -0.05) is 18.2 Å². The van der Waals surface area contributed by atoms with Crippen LogP contribution in [0.2, 0.25) is 0 Å². The minimum absolute atomic E-state index is 0.106. The van der Waals surface area contributed by atoms with E-state index in [9.17, 15) is 13.2 Å². The molecule has 154 valence electrons. The maximum atomic E-state index is 13.0. The number of aryl methyl sites for hydroxylation is 2. The molecule has 0 radical (unpaired) electrons. The number of hydrogen-bond acceptors (Lipinski definition) is 4. The lowest BCUT2D eigenvalue weighted by Crippen LogP contribution is -2.42. The third-order valence-electron chi connectivity index (χ3n) is 4.86. The van der Waals surface area contributed by atoms with E-state index in [-0.39, 0.29) is 17.4 Å². The minimum Gasteiger partial charge on any atom is -0.490 e. The molecule has 0 aromatic heterocycles. The Labute approximate surface area is 172 Å². The van der Waals surface area contributed by atoms with Crippen LogP contribution in [0.1, 0.15) is 25.0 Å². The molecule has 0 fully saturated rings. The Morgan fingerprint density at radius 1 is 1.21 bits per heavy atom. The molecule has 2 aromatic carbocycles. The van der Waals surface area contributed by atoms with Gasteiger partial charge in [0.05, 0.1) is 21.7 Å². The monoisotopic (exact) mass is 414 g/mol. The zero-order chi connectivity index (χ0) is 21.4. The van der Waals surface area contributed by atoms with E-state index in [1.54, 1.807) is 48.2 Å². The van der Waals surface area contributed by atoms with Crippen LogP contribution in [0.25, 0.3) is 0 Å². The molecule has 2 aromatic rings. The van der Waals surface area contributed by atoms with Crippen LogP contribution in [0, 0.1) is 19.3 Å². The van der Waals surface area contributed by atoms with E-state index >= 15 is 0 Å². The Morgan fingerprint density at radius 2 is 1.93 bits per heavy atom. The number of nitrogens with zero attached hydrogens (tertiary/aromatic N) is 1. The van der Waals surface area contributed by atoms with Crippen LogP contribution in [-0.4, -0.2) is 27.5 Å². The SMILES string of the molecule is C=CCN1C(=O)C(C)(C)COc2ccc(NS(=O)(=O)c3cc(C)ccc3C)cc21. The number of carbonyl (C=O) groups is 1. The fourth-order valence-electron chi connectivity index (χ4n) is 3.23. The van der Waals surface area contributed by atoms with Crippen molar-refractivity contribution < 1.29 is 17.9 Å². The number of carbonyl (C=O) groups excluding carboxylic acids is 1. The van der Waals surface area contributed by atoms with E-state index in [0.29, 0.717) is 29.2 Å². The van der Waals surface area contributed by atoms with Gasteiger partial charge >= 0.3 is 0 Å². The van der Waals surface area contributed by atoms with Crippen molar-refractivity contribution in [2.24, 2.45) is 5.41 Å². The lowest BCUT2D eigenvalue weighted by atomic mass is 9.93. The van der Waals surface area contributed by atoms with Crippen molar-refractivity contribution in [2.75, 3.05) is 22.8 Å². The number of anilines is 2. The number of ether oxygens (including phenoxy) is 1. The molecule has 0 unspecified atom stereocenters. The van der Waals surface area contributed by atoms with Gasteiger partial charge in [0.25, 0.3) is 10.0 Å². The van der Waals surface area contributed by atoms with Crippen molar-refractivity contribution in [1.82, 2.24) is 0 Å². The number of fused-ring (bicyclic) bond motifs is 1. The smallest absolute Gasteiger partial charge is 0.262 e. The first-order valence-corrected chi connectivity index (χ1v) is 10.8. The first-order chi connectivity index (χ1) is 13.5. The highest BCUT2D eigenvalue weighted by Crippen LogP contribution is 2.38. The zero-order valence-electron chi connectivity index (χ0n) is 17.2. The Balaban J connectivity index is 2.02. The highest BCUT2D eigenvalue weighted by molar-refractivity contribution is 7.92. The number of hydrogen-bond donors (Lipinski definition) is 1. The summed E-state index contributed by atoms with van der Waals surface area (Å²) < 4.78 is 34.4. The van der Waals surface area contributed by atoms with E-state index in [2.05, 4.69) is 11.3 Å². The molecular weight excluding hydrogens is 388 g/mol. The number of rotatable bonds is 5. The van der Waals surface area contributed by atoms with Gasteiger partial charge in [-0.25, -0.2) is 8.42 Å². The number of benzene rings is 2. The van der Waals surface area contributed by atoms with Crippen LogP contribution in [-0.2, 0) is 14.8 Å². The van der Waals surface area contributed by atoms with Gasteiger partial charge in [0.2, 0.25) is 5.91 Å². The Kier molecular flexibility index (Phi) is 5.45. The predicted molar refractivity (Wildman–Crippen MR) is 115 cm³/mol. The third kappa shape index (κ3) is 4.15. The third-order valence-corrected chi connectivity index (χ3v) is 6.38. The van der Waals surface area contributed by atoms with Crippen LogP contribution in [0.15, 0.2) is 53.9 Å². The normalized spacial score (nSPS) is 15.9. The first-order valence-electron chi connectivity index (χ1n) is 9.35. The van der Waals surface area contributed by atoms with E-state index in [1.807, 2.05) is 26.8 Å². The lowest BCUT2D eigenvalue weighted by molar-refractivity contribution is -0.127. The Hall–Kier alpha value is -2.80. The van der Waals surface area contributed by atoms with Gasteiger partial charge in [0, 0.05) is 6.54 Å². The van der Waals surface area contributed by atoms with Crippen molar-refractivity contribution >= 4 is 27.3 Å². The van der Waals surface area contributed by atoms with E-state index < -0.39 is 15.4 Å². The van der Waals surface area contributed by atoms with Gasteiger partial charge in [-0.3, -0.25) is 9.52 Å². The van der Waals surface area contributed by atoms with Gasteiger partial charge in [-0.2, -0.15) is 0 Å². The highest BCUT2D eigenvalue weighted by Gasteiger charge is 2.37. The average Bonchev–Trinajstić information content (AvgIpc) is 2.74. The van der Waals surface area contributed by atoms with E-state index in [1.165, 1.54) is 0 Å². The average molecular weight is 415 g/mol. The highest BCUT2D eigenvalue weighted by atomic mass is 32.2. The number of nitrogens with one attached hydrogen (secondary N) is 1. The Bertz CT molecular complexity index is 1070. The molecule has 0 aliphatic carbocycles. The van der Waals surface area contributed by atoms with Crippen LogP contribution >= 0.6 is 0 Å². The molecule has 1 aliphatic heterocycles. The second-order valence-corrected chi connectivity index (χ2v) is 9.58. The lowest BCUT2D eigenvalue weighted by Gasteiger charge is -2.27. The molecule has 0 spiro atoms. The van der Waals surface area contributed by atoms with Crippen LogP contribution < -0.4 is 14.4 Å². The van der Waals surface area contributed by atoms with Gasteiger partial charge in [0.15, 0.2) is 0 Å². The fourth-order valence-corrected chi connectivity index (χ4v) is 4.61. The molecule has 1 aliphatic rings. The Morgan fingerprint density at radius 3 is 2.62 bits per heavy atom. The fraction of sp³-hybridized carbons (Fsp3) is 0.318. The topological polar surface area (TPSA) is 75.7 Å².